The van der Waals surface area contributed by atoms with Crippen molar-refractivity contribution in [3.8, 4) is 0 Å². The minimum absolute atomic E-state index is 0.0205. The molecule has 1 unspecified atom stereocenters. The number of benzene rings is 1. The molecule has 0 saturated heterocycles. The number of anilines is 1. The zero-order valence-electron chi connectivity index (χ0n) is 12.6. The molecule has 20 heavy (non-hydrogen) atoms. The molecule has 112 valence electrons. The summed E-state index contributed by atoms with van der Waals surface area (Å²) in [5.74, 6) is -1.47. The van der Waals surface area contributed by atoms with Gasteiger partial charge in [-0.1, -0.05) is 40.5 Å². The van der Waals surface area contributed by atoms with Gasteiger partial charge in [-0.05, 0) is 24.5 Å². The fourth-order valence-corrected chi connectivity index (χ4v) is 1.97. The average molecular weight is 283 g/mol. The largest absolute Gasteiger partial charge is 0.323 e. The van der Waals surface area contributed by atoms with Crippen molar-refractivity contribution in [2.24, 2.45) is 11.3 Å². The van der Waals surface area contributed by atoms with Gasteiger partial charge in [0.25, 0.3) is 0 Å². The topological polar surface area (TPSA) is 29.1 Å². The molecule has 1 rings (SSSR count). The molecule has 0 aliphatic heterocycles. The summed E-state index contributed by atoms with van der Waals surface area (Å²) >= 11 is 0. The molecule has 0 bridgehead atoms. The van der Waals surface area contributed by atoms with E-state index in [2.05, 4.69) is 12.2 Å². The Kier molecular flexibility index (Phi) is 5.66. The van der Waals surface area contributed by atoms with Crippen molar-refractivity contribution in [3.05, 3.63) is 29.8 Å². The molecule has 4 heteroatoms. The van der Waals surface area contributed by atoms with E-state index >= 15 is 0 Å². The van der Waals surface area contributed by atoms with Crippen LogP contribution in [0.1, 0.15) is 47.0 Å². The van der Waals surface area contributed by atoms with Crippen molar-refractivity contribution in [1.82, 2.24) is 0 Å². The highest BCUT2D eigenvalue weighted by molar-refractivity contribution is 5.95. The van der Waals surface area contributed by atoms with Gasteiger partial charge >= 0.3 is 0 Å². The molecule has 0 spiro atoms. The first-order chi connectivity index (χ1) is 9.28. The van der Waals surface area contributed by atoms with Crippen LogP contribution in [-0.2, 0) is 4.79 Å². The Morgan fingerprint density at radius 3 is 2.55 bits per heavy atom. The lowest BCUT2D eigenvalue weighted by molar-refractivity contribution is -0.126. The van der Waals surface area contributed by atoms with Crippen LogP contribution in [0.3, 0.4) is 0 Å². The first-order valence-electron chi connectivity index (χ1n) is 7.05. The SMILES string of the molecule is CCCCC(C)C(C)(C)C(=O)Nc1ccc(F)cc1F. The summed E-state index contributed by atoms with van der Waals surface area (Å²) in [4.78, 5) is 12.3. The molecule has 0 radical (unpaired) electrons. The number of carbonyl (C=O) groups is 1. The summed E-state index contributed by atoms with van der Waals surface area (Å²) in [5.41, 5.74) is -0.581. The van der Waals surface area contributed by atoms with Crippen LogP contribution in [0.5, 0.6) is 0 Å². The second kappa shape index (κ2) is 6.82. The Labute approximate surface area is 119 Å². The number of halogens is 2. The molecule has 0 saturated carbocycles. The van der Waals surface area contributed by atoms with Crippen LogP contribution in [0.15, 0.2) is 18.2 Å². The zero-order valence-corrected chi connectivity index (χ0v) is 12.6. The molecule has 0 aliphatic rings. The second-order valence-electron chi connectivity index (χ2n) is 5.84. The molecule has 1 amide bonds. The van der Waals surface area contributed by atoms with Gasteiger partial charge in [0.1, 0.15) is 11.6 Å². The second-order valence-corrected chi connectivity index (χ2v) is 5.84. The number of carbonyl (C=O) groups excluding carboxylic acids is 1. The molecule has 0 aliphatic carbocycles. The quantitative estimate of drug-likeness (QED) is 0.801. The molecule has 1 atom stereocenters. The van der Waals surface area contributed by atoms with Gasteiger partial charge in [-0.3, -0.25) is 4.79 Å². The maximum Gasteiger partial charge on any atom is 0.230 e. The Balaban J connectivity index is 2.78. The Morgan fingerprint density at radius 1 is 1.35 bits per heavy atom. The standard InChI is InChI=1S/C16H23F2NO/c1-5-6-7-11(2)16(3,4)15(20)19-14-9-8-12(17)10-13(14)18/h8-11H,5-7H2,1-4H3,(H,19,20). The third kappa shape index (κ3) is 4.02. The van der Waals surface area contributed by atoms with Gasteiger partial charge in [0.2, 0.25) is 5.91 Å². The average Bonchev–Trinajstić information content (AvgIpc) is 2.38. The summed E-state index contributed by atoms with van der Waals surface area (Å²) < 4.78 is 26.4. The predicted octanol–water partition coefficient (Wildman–Crippen LogP) is 4.76. The summed E-state index contributed by atoms with van der Waals surface area (Å²) in [6.07, 6.45) is 3.08. The van der Waals surface area contributed by atoms with Crippen LogP contribution in [-0.4, -0.2) is 5.91 Å². The van der Waals surface area contributed by atoms with Crippen LogP contribution < -0.4 is 5.32 Å². The van der Waals surface area contributed by atoms with E-state index in [1.54, 1.807) is 0 Å². The zero-order chi connectivity index (χ0) is 15.3. The Bertz CT molecular complexity index is 472. The van der Waals surface area contributed by atoms with Gasteiger partial charge in [-0.25, -0.2) is 8.78 Å². The van der Waals surface area contributed by atoms with E-state index in [0.29, 0.717) is 0 Å². The Hall–Kier alpha value is -1.45. The molecule has 0 heterocycles. The van der Waals surface area contributed by atoms with Crippen molar-refractivity contribution in [2.75, 3.05) is 5.32 Å². The van der Waals surface area contributed by atoms with Crippen molar-refractivity contribution in [1.29, 1.82) is 0 Å². The van der Waals surface area contributed by atoms with E-state index in [9.17, 15) is 13.6 Å². The van der Waals surface area contributed by atoms with E-state index in [4.69, 9.17) is 0 Å². The van der Waals surface area contributed by atoms with E-state index < -0.39 is 17.0 Å². The fourth-order valence-electron chi connectivity index (χ4n) is 1.97. The van der Waals surface area contributed by atoms with Gasteiger partial charge in [-0.15, -0.1) is 0 Å². The molecule has 0 aromatic heterocycles. The number of rotatable bonds is 6. The van der Waals surface area contributed by atoms with Gasteiger partial charge in [0.15, 0.2) is 0 Å². The van der Waals surface area contributed by atoms with Crippen LogP contribution >= 0.6 is 0 Å². The predicted molar refractivity (Wildman–Crippen MR) is 77.5 cm³/mol. The molecule has 1 aromatic carbocycles. The normalized spacial score (nSPS) is 13.1. The fraction of sp³-hybridized carbons (Fsp3) is 0.562. The van der Waals surface area contributed by atoms with Crippen molar-refractivity contribution < 1.29 is 13.6 Å². The first kappa shape index (κ1) is 16.6. The van der Waals surface area contributed by atoms with Gasteiger partial charge in [-0.2, -0.15) is 0 Å². The lowest BCUT2D eigenvalue weighted by atomic mass is 9.76. The monoisotopic (exact) mass is 283 g/mol. The minimum atomic E-state index is -0.754. The van der Waals surface area contributed by atoms with E-state index in [-0.39, 0.29) is 17.5 Å². The maximum atomic E-state index is 13.5. The van der Waals surface area contributed by atoms with Crippen LogP contribution in [0.25, 0.3) is 0 Å². The molecule has 1 aromatic rings. The van der Waals surface area contributed by atoms with Crippen molar-refractivity contribution in [3.63, 3.8) is 0 Å². The number of nitrogens with one attached hydrogen (secondary N) is 1. The molecular formula is C16H23F2NO. The number of hydrogen-bond donors (Lipinski definition) is 1. The highest BCUT2D eigenvalue weighted by Crippen LogP contribution is 2.32. The van der Waals surface area contributed by atoms with Gasteiger partial charge < -0.3 is 5.32 Å². The number of amides is 1. The summed E-state index contributed by atoms with van der Waals surface area (Å²) in [6.45, 7) is 7.83. The highest BCUT2D eigenvalue weighted by Gasteiger charge is 2.33. The molecular weight excluding hydrogens is 260 g/mol. The molecule has 2 nitrogen and oxygen atoms in total. The van der Waals surface area contributed by atoms with E-state index in [0.717, 1.165) is 31.4 Å². The lowest BCUT2D eigenvalue weighted by Crippen LogP contribution is -2.36. The van der Waals surface area contributed by atoms with E-state index in [1.807, 2.05) is 20.8 Å². The highest BCUT2D eigenvalue weighted by atomic mass is 19.1. The lowest BCUT2D eigenvalue weighted by Gasteiger charge is -2.30. The van der Waals surface area contributed by atoms with Crippen LogP contribution in [0.4, 0.5) is 14.5 Å². The minimum Gasteiger partial charge on any atom is -0.323 e. The van der Waals surface area contributed by atoms with E-state index in [1.165, 1.54) is 6.07 Å². The van der Waals surface area contributed by atoms with Crippen molar-refractivity contribution >= 4 is 11.6 Å². The van der Waals surface area contributed by atoms with Crippen LogP contribution in [0.2, 0.25) is 0 Å². The maximum absolute atomic E-state index is 13.5. The summed E-state index contributed by atoms with van der Waals surface area (Å²) in [5, 5.41) is 2.55. The Morgan fingerprint density at radius 2 is 2.00 bits per heavy atom. The van der Waals surface area contributed by atoms with Gasteiger partial charge in [0.05, 0.1) is 5.69 Å². The number of unbranched alkanes of at least 4 members (excludes halogenated alkanes) is 1. The summed E-state index contributed by atoms with van der Waals surface area (Å²) in [6, 6.07) is 3.14. The third-order valence-electron chi connectivity index (χ3n) is 3.99. The third-order valence-corrected chi connectivity index (χ3v) is 3.99. The molecule has 0 fully saturated rings. The number of hydrogen-bond acceptors (Lipinski definition) is 1. The smallest absolute Gasteiger partial charge is 0.230 e. The van der Waals surface area contributed by atoms with Gasteiger partial charge in [0, 0.05) is 11.5 Å². The van der Waals surface area contributed by atoms with Crippen LogP contribution in [0, 0.1) is 23.0 Å². The first-order valence-corrected chi connectivity index (χ1v) is 7.05. The summed E-state index contributed by atoms with van der Waals surface area (Å²) in [7, 11) is 0. The molecule has 1 N–H and O–H groups in total. The van der Waals surface area contributed by atoms with Crippen molar-refractivity contribution in [2.45, 2.75) is 47.0 Å².